The van der Waals surface area contributed by atoms with Gasteiger partial charge in [0.05, 0.1) is 6.61 Å². The highest BCUT2D eigenvalue weighted by Crippen LogP contribution is 2.26. The van der Waals surface area contributed by atoms with Crippen LogP contribution in [0.4, 0.5) is 13.2 Å². The van der Waals surface area contributed by atoms with Crippen LogP contribution in [-0.4, -0.2) is 24.7 Å². The summed E-state index contributed by atoms with van der Waals surface area (Å²) in [4.78, 5) is 23.1. The number of ether oxygens (including phenoxy) is 2. The zero-order valence-corrected chi connectivity index (χ0v) is 15.2. The number of amides is 1. The second kappa shape index (κ2) is 9.77. The molecule has 0 spiro atoms. The van der Waals surface area contributed by atoms with Crippen LogP contribution < -0.4 is 14.8 Å². The van der Waals surface area contributed by atoms with Crippen molar-refractivity contribution >= 4 is 11.7 Å². The maximum Gasteiger partial charge on any atom is 0.573 e. The minimum atomic E-state index is -4.79. The third-order valence-electron chi connectivity index (χ3n) is 3.75. The van der Waals surface area contributed by atoms with Crippen molar-refractivity contribution in [1.29, 1.82) is 0 Å². The molecule has 0 aliphatic heterocycles. The fourth-order valence-corrected chi connectivity index (χ4v) is 2.36. The summed E-state index contributed by atoms with van der Waals surface area (Å²) in [6.45, 7) is 1.70. The molecule has 0 saturated carbocycles. The molecule has 2 rings (SSSR count). The molecule has 28 heavy (non-hydrogen) atoms. The zero-order valence-electron chi connectivity index (χ0n) is 15.2. The van der Waals surface area contributed by atoms with Crippen LogP contribution in [0, 0.1) is 0 Å². The number of hydrogen-bond donors (Lipinski definition) is 1. The molecule has 0 aromatic heterocycles. The van der Waals surface area contributed by atoms with Gasteiger partial charge in [-0.25, -0.2) is 0 Å². The molecule has 0 heterocycles. The molecular formula is C20H20F3NO4. The van der Waals surface area contributed by atoms with E-state index in [2.05, 4.69) is 10.1 Å². The van der Waals surface area contributed by atoms with Gasteiger partial charge in [0.25, 0.3) is 0 Å². The van der Waals surface area contributed by atoms with Gasteiger partial charge in [0.15, 0.2) is 5.78 Å². The second-order valence-corrected chi connectivity index (χ2v) is 5.96. The summed E-state index contributed by atoms with van der Waals surface area (Å²) >= 11 is 0. The van der Waals surface area contributed by atoms with Gasteiger partial charge in [0, 0.05) is 24.1 Å². The lowest BCUT2D eigenvalue weighted by Crippen LogP contribution is -2.24. The normalized spacial score (nSPS) is 11.0. The predicted molar refractivity (Wildman–Crippen MR) is 96.1 cm³/mol. The second-order valence-electron chi connectivity index (χ2n) is 5.96. The number of benzene rings is 2. The topological polar surface area (TPSA) is 64.6 Å². The third kappa shape index (κ3) is 7.30. The average molecular weight is 395 g/mol. The summed E-state index contributed by atoms with van der Waals surface area (Å²) in [5, 5.41) is 2.56. The number of hydrogen-bond acceptors (Lipinski definition) is 4. The van der Waals surface area contributed by atoms with Crippen LogP contribution in [0.1, 0.15) is 35.7 Å². The van der Waals surface area contributed by atoms with E-state index in [0.29, 0.717) is 24.3 Å². The lowest BCUT2D eigenvalue weighted by molar-refractivity contribution is -0.274. The monoisotopic (exact) mass is 395 g/mol. The molecule has 0 unspecified atom stereocenters. The highest BCUT2D eigenvalue weighted by molar-refractivity contribution is 5.94. The Morgan fingerprint density at radius 2 is 1.71 bits per heavy atom. The van der Waals surface area contributed by atoms with Crippen LogP contribution in [0.2, 0.25) is 0 Å². The maximum absolute atomic E-state index is 12.4. The standard InChI is InChI=1S/C20H20F3NO4/c1-14(25)15-8-10-17(11-9-15)27-12-4-7-19(26)24-13-16-5-2-3-6-18(16)28-20(21,22)23/h2-3,5-6,8-11H,4,7,12-13H2,1H3,(H,24,26). The summed E-state index contributed by atoms with van der Waals surface area (Å²) in [6, 6.07) is 12.3. The number of ketones is 1. The summed E-state index contributed by atoms with van der Waals surface area (Å²) in [7, 11) is 0. The number of para-hydroxylation sites is 1. The molecule has 8 heteroatoms. The van der Waals surface area contributed by atoms with E-state index in [-0.39, 0.29) is 36.0 Å². The van der Waals surface area contributed by atoms with Gasteiger partial charge >= 0.3 is 6.36 Å². The molecule has 2 aromatic rings. The summed E-state index contributed by atoms with van der Waals surface area (Å²) in [5.74, 6) is -0.0981. The molecule has 0 radical (unpaired) electrons. The van der Waals surface area contributed by atoms with Crippen molar-refractivity contribution < 1.29 is 32.2 Å². The van der Waals surface area contributed by atoms with Crippen molar-refractivity contribution in [1.82, 2.24) is 5.32 Å². The van der Waals surface area contributed by atoms with E-state index in [0.717, 1.165) is 0 Å². The number of rotatable bonds is 9. The van der Waals surface area contributed by atoms with E-state index in [1.54, 1.807) is 30.3 Å². The molecule has 150 valence electrons. The van der Waals surface area contributed by atoms with Crippen LogP contribution >= 0.6 is 0 Å². The van der Waals surface area contributed by atoms with E-state index < -0.39 is 6.36 Å². The minimum Gasteiger partial charge on any atom is -0.494 e. The van der Waals surface area contributed by atoms with Crippen LogP contribution in [0.3, 0.4) is 0 Å². The van der Waals surface area contributed by atoms with Crippen molar-refractivity contribution in [2.75, 3.05) is 6.61 Å². The van der Waals surface area contributed by atoms with Gasteiger partial charge in [0.2, 0.25) is 5.91 Å². The molecule has 0 saturated heterocycles. The molecule has 0 bridgehead atoms. The first-order valence-corrected chi connectivity index (χ1v) is 8.59. The zero-order chi connectivity index (χ0) is 20.6. The number of carbonyl (C=O) groups is 2. The third-order valence-corrected chi connectivity index (χ3v) is 3.75. The molecular weight excluding hydrogens is 375 g/mol. The van der Waals surface area contributed by atoms with Crippen LogP contribution in [-0.2, 0) is 11.3 Å². The fraction of sp³-hybridized carbons (Fsp3) is 0.300. The van der Waals surface area contributed by atoms with Crippen molar-refractivity contribution in [3.8, 4) is 11.5 Å². The molecule has 0 aliphatic carbocycles. The van der Waals surface area contributed by atoms with E-state index in [9.17, 15) is 22.8 Å². The fourth-order valence-electron chi connectivity index (χ4n) is 2.36. The van der Waals surface area contributed by atoms with E-state index >= 15 is 0 Å². The van der Waals surface area contributed by atoms with Gasteiger partial charge in [0.1, 0.15) is 11.5 Å². The lowest BCUT2D eigenvalue weighted by atomic mass is 10.1. The number of alkyl halides is 3. The molecule has 1 N–H and O–H groups in total. The number of carbonyl (C=O) groups excluding carboxylic acids is 2. The Balaban J connectivity index is 1.73. The van der Waals surface area contributed by atoms with Crippen molar-refractivity contribution in [2.45, 2.75) is 32.7 Å². The van der Waals surface area contributed by atoms with Gasteiger partial charge in [-0.05, 0) is 43.7 Å². The minimum absolute atomic E-state index is 0.0366. The Morgan fingerprint density at radius 1 is 1.04 bits per heavy atom. The number of nitrogens with one attached hydrogen (secondary N) is 1. The molecule has 0 aliphatic rings. The molecule has 5 nitrogen and oxygen atoms in total. The molecule has 0 fully saturated rings. The van der Waals surface area contributed by atoms with Crippen molar-refractivity contribution in [3.63, 3.8) is 0 Å². The predicted octanol–water partition coefficient (Wildman–Crippen LogP) is 4.26. The Kier molecular flexibility index (Phi) is 7.43. The Labute approximate surface area is 160 Å². The van der Waals surface area contributed by atoms with Crippen molar-refractivity contribution in [2.24, 2.45) is 0 Å². The van der Waals surface area contributed by atoms with Crippen LogP contribution in [0.25, 0.3) is 0 Å². The molecule has 1 amide bonds. The van der Waals surface area contributed by atoms with Crippen LogP contribution in [0.15, 0.2) is 48.5 Å². The van der Waals surface area contributed by atoms with E-state index in [4.69, 9.17) is 4.74 Å². The Bertz CT molecular complexity index is 804. The number of halogens is 3. The van der Waals surface area contributed by atoms with Gasteiger partial charge in [-0.15, -0.1) is 13.2 Å². The largest absolute Gasteiger partial charge is 0.573 e. The van der Waals surface area contributed by atoms with Crippen molar-refractivity contribution in [3.05, 3.63) is 59.7 Å². The van der Waals surface area contributed by atoms with E-state index in [1.807, 2.05) is 0 Å². The first-order chi connectivity index (χ1) is 13.2. The summed E-state index contributed by atoms with van der Waals surface area (Å²) in [6.07, 6.45) is -4.20. The molecule has 2 aromatic carbocycles. The Hall–Kier alpha value is -3.03. The summed E-state index contributed by atoms with van der Waals surface area (Å²) < 4.78 is 46.6. The highest BCUT2D eigenvalue weighted by atomic mass is 19.4. The highest BCUT2D eigenvalue weighted by Gasteiger charge is 2.31. The SMILES string of the molecule is CC(=O)c1ccc(OCCCC(=O)NCc2ccccc2OC(F)(F)F)cc1. The lowest BCUT2D eigenvalue weighted by Gasteiger charge is -2.13. The average Bonchev–Trinajstić information content (AvgIpc) is 2.63. The van der Waals surface area contributed by atoms with E-state index in [1.165, 1.54) is 25.1 Å². The number of Topliss-reactive ketones (excluding diaryl/α,β-unsaturated/α-hetero) is 1. The molecule has 0 atom stereocenters. The van der Waals surface area contributed by atoms with Gasteiger partial charge in [-0.1, -0.05) is 18.2 Å². The van der Waals surface area contributed by atoms with Gasteiger partial charge in [-0.3, -0.25) is 9.59 Å². The van der Waals surface area contributed by atoms with Crippen LogP contribution in [0.5, 0.6) is 11.5 Å². The first-order valence-electron chi connectivity index (χ1n) is 8.59. The quantitative estimate of drug-likeness (QED) is 0.509. The van der Waals surface area contributed by atoms with Gasteiger partial charge in [-0.2, -0.15) is 0 Å². The summed E-state index contributed by atoms with van der Waals surface area (Å²) in [5.41, 5.74) is 0.816. The maximum atomic E-state index is 12.4. The smallest absolute Gasteiger partial charge is 0.494 e. The Morgan fingerprint density at radius 3 is 2.36 bits per heavy atom. The van der Waals surface area contributed by atoms with Gasteiger partial charge < -0.3 is 14.8 Å². The first kappa shape index (κ1) is 21.3.